The van der Waals surface area contributed by atoms with Gasteiger partial charge in [-0.05, 0) is 0 Å². The first-order valence-electron chi connectivity index (χ1n) is 2.96. The Morgan fingerprint density at radius 2 is 2.08 bits per heavy atom. The van der Waals surface area contributed by atoms with Crippen LogP contribution in [-0.2, 0) is 9.53 Å². The Kier molecular flexibility index (Phi) is 5.20. The van der Waals surface area contributed by atoms with E-state index in [1.807, 2.05) is 0 Å². The lowest BCUT2D eigenvalue weighted by Crippen LogP contribution is -2.37. The maximum atomic E-state index is 10.7. The van der Waals surface area contributed by atoms with Crippen molar-refractivity contribution in [1.29, 1.82) is 0 Å². The van der Waals surface area contributed by atoms with E-state index in [1.54, 1.807) is 0 Å². The van der Waals surface area contributed by atoms with Gasteiger partial charge in [0.1, 0.15) is 12.6 Å². The highest BCUT2D eigenvalue weighted by Gasteiger charge is 2.24. The summed E-state index contributed by atoms with van der Waals surface area (Å²) >= 11 is 15.8. The SMILES string of the molecule is NC(CO)C(=O)OCC(Cl)(Cl)Cl. The van der Waals surface area contributed by atoms with Crippen molar-refractivity contribution in [2.45, 2.75) is 9.83 Å². The third-order valence-electron chi connectivity index (χ3n) is 0.878. The summed E-state index contributed by atoms with van der Waals surface area (Å²) in [5.41, 5.74) is 5.09. The topological polar surface area (TPSA) is 72.5 Å². The highest BCUT2D eigenvalue weighted by atomic mass is 35.6. The lowest BCUT2D eigenvalue weighted by atomic mass is 10.3. The molecule has 7 heteroatoms. The fourth-order valence-corrected chi connectivity index (χ4v) is 0.498. The van der Waals surface area contributed by atoms with Crippen LogP contribution in [0.25, 0.3) is 0 Å². The Morgan fingerprint density at radius 1 is 1.58 bits per heavy atom. The molecule has 0 aliphatic heterocycles. The van der Waals surface area contributed by atoms with Gasteiger partial charge in [-0.2, -0.15) is 0 Å². The molecule has 72 valence electrons. The molecule has 0 saturated heterocycles. The molecule has 0 aliphatic carbocycles. The molecule has 0 amide bonds. The Bertz CT molecular complexity index is 159. The smallest absolute Gasteiger partial charge is 0.325 e. The number of carbonyl (C=O) groups excluding carboxylic acids is 1. The maximum Gasteiger partial charge on any atom is 0.325 e. The molecular weight excluding hydrogens is 228 g/mol. The quantitative estimate of drug-likeness (QED) is 0.543. The molecule has 0 aliphatic rings. The minimum Gasteiger partial charge on any atom is -0.460 e. The van der Waals surface area contributed by atoms with Crippen molar-refractivity contribution in [3.05, 3.63) is 0 Å². The molecule has 12 heavy (non-hydrogen) atoms. The molecular formula is C5H8Cl3NO3. The Balaban J connectivity index is 3.72. The molecule has 0 heterocycles. The standard InChI is InChI=1S/C5H8Cl3NO3/c6-5(7,8)2-12-4(11)3(9)1-10/h3,10H,1-2,9H2. The van der Waals surface area contributed by atoms with E-state index in [-0.39, 0.29) is 6.61 Å². The molecule has 0 bridgehead atoms. The average Bonchev–Trinajstić information content (AvgIpc) is 1.97. The Morgan fingerprint density at radius 3 is 2.42 bits per heavy atom. The zero-order valence-corrected chi connectivity index (χ0v) is 8.23. The van der Waals surface area contributed by atoms with Gasteiger partial charge in [-0.1, -0.05) is 34.8 Å². The van der Waals surface area contributed by atoms with Crippen molar-refractivity contribution in [3.8, 4) is 0 Å². The van der Waals surface area contributed by atoms with Gasteiger partial charge in [0.05, 0.1) is 6.61 Å². The summed E-state index contributed by atoms with van der Waals surface area (Å²) in [7, 11) is 0. The molecule has 3 N–H and O–H groups in total. The van der Waals surface area contributed by atoms with Crippen LogP contribution in [0.1, 0.15) is 0 Å². The van der Waals surface area contributed by atoms with Crippen molar-refractivity contribution in [1.82, 2.24) is 0 Å². The first-order chi connectivity index (χ1) is 5.37. The number of halogens is 3. The molecule has 1 unspecified atom stereocenters. The highest BCUT2D eigenvalue weighted by Crippen LogP contribution is 2.25. The first kappa shape index (κ1) is 12.3. The lowest BCUT2D eigenvalue weighted by Gasteiger charge is -2.13. The van der Waals surface area contributed by atoms with Crippen LogP contribution in [0.3, 0.4) is 0 Å². The highest BCUT2D eigenvalue weighted by molar-refractivity contribution is 6.67. The molecule has 0 saturated carbocycles. The van der Waals surface area contributed by atoms with Gasteiger partial charge in [0.2, 0.25) is 3.79 Å². The zero-order valence-electron chi connectivity index (χ0n) is 5.97. The van der Waals surface area contributed by atoms with Gasteiger partial charge in [-0.15, -0.1) is 0 Å². The average molecular weight is 236 g/mol. The predicted molar refractivity (Wildman–Crippen MR) is 46.3 cm³/mol. The van der Waals surface area contributed by atoms with Gasteiger partial charge in [-0.3, -0.25) is 4.79 Å². The number of aliphatic hydroxyl groups excluding tert-OH is 1. The summed E-state index contributed by atoms with van der Waals surface area (Å²) in [6.45, 7) is -0.886. The van der Waals surface area contributed by atoms with Gasteiger partial charge in [-0.25, -0.2) is 0 Å². The molecule has 0 rings (SSSR count). The molecule has 0 aromatic carbocycles. The lowest BCUT2D eigenvalue weighted by molar-refractivity contribution is -0.145. The van der Waals surface area contributed by atoms with Crippen molar-refractivity contribution < 1.29 is 14.6 Å². The number of rotatable bonds is 3. The third-order valence-corrected chi connectivity index (χ3v) is 1.20. The van der Waals surface area contributed by atoms with Crippen LogP contribution in [0.15, 0.2) is 0 Å². The van der Waals surface area contributed by atoms with E-state index in [0.717, 1.165) is 0 Å². The second-order valence-corrected chi connectivity index (χ2v) is 4.53. The number of hydrogen-bond acceptors (Lipinski definition) is 4. The van der Waals surface area contributed by atoms with Crippen LogP contribution < -0.4 is 5.73 Å². The van der Waals surface area contributed by atoms with Crippen LogP contribution >= 0.6 is 34.8 Å². The number of carbonyl (C=O) groups is 1. The fourth-order valence-electron chi connectivity index (χ4n) is 0.335. The van der Waals surface area contributed by atoms with Crippen LogP contribution in [0, 0.1) is 0 Å². The Labute approximate surface area is 84.5 Å². The van der Waals surface area contributed by atoms with E-state index in [0.29, 0.717) is 0 Å². The minimum absolute atomic E-state index is 0.385. The number of aliphatic hydroxyl groups is 1. The van der Waals surface area contributed by atoms with E-state index in [9.17, 15) is 4.79 Å². The van der Waals surface area contributed by atoms with Crippen molar-refractivity contribution in [3.63, 3.8) is 0 Å². The van der Waals surface area contributed by atoms with Gasteiger partial charge in [0.25, 0.3) is 0 Å². The van der Waals surface area contributed by atoms with Crippen LogP contribution in [0.5, 0.6) is 0 Å². The van der Waals surface area contributed by atoms with E-state index < -0.39 is 22.4 Å². The van der Waals surface area contributed by atoms with Crippen LogP contribution in [0.4, 0.5) is 0 Å². The summed E-state index contributed by atoms with van der Waals surface area (Å²) in [4.78, 5) is 10.7. The fraction of sp³-hybridized carbons (Fsp3) is 0.800. The minimum atomic E-state index is -1.65. The zero-order chi connectivity index (χ0) is 9.78. The first-order valence-corrected chi connectivity index (χ1v) is 4.10. The third kappa shape index (κ3) is 5.85. The van der Waals surface area contributed by atoms with E-state index in [1.165, 1.54) is 0 Å². The number of alkyl halides is 3. The van der Waals surface area contributed by atoms with Crippen LogP contribution in [-0.4, -0.2) is 34.1 Å². The molecule has 4 nitrogen and oxygen atoms in total. The van der Waals surface area contributed by atoms with E-state index in [2.05, 4.69) is 4.74 Å². The van der Waals surface area contributed by atoms with E-state index in [4.69, 9.17) is 45.6 Å². The number of hydrogen-bond donors (Lipinski definition) is 2. The van der Waals surface area contributed by atoms with Gasteiger partial charge < -0.3 is 15.6 Å². The second kappa shape index (κ2) is 5.09. The molecule has 0 aromatic rings. The Hall–Kier alpha value is 0.260. The van der Waals surface area contributed by atoms with Crippen molar-refractivity contribution in [2.75, 3.05) is 13.2 Å². The van der Waals surface area contributed by atoms with Gasteiger partial charge >= 0.3 is 5.97 Å². The molecule has 0 fully saturated rings. The number of esters is 1. The molecule has 0 radical (unpaired) electrons. The van der Waals surface area contributed by atoms with Crippen molar-refractivity contribution in [2.24, 2.45) is 5.73 Å². The summed E-state index contributed by atoms with van der Waals surface area (Å²) in [6.07, 6.45) is 0. The summed E-state index contributed by atoms with van der Waals surface area (Å²) in [5.74, 6) is -0.802. The predicted octanol–water partition coefficient (Wildman–Crippen LogP) is 0.219. The summed E-state index contributed by atoms with van der Waals surface area (Å²) in [5, 5.41) is 8.41. The maximum absolute atomic E-state index is 10.7. The summed E-state index contributed by atoms with van der Waals surface area (Å²) in [6, 6.07) is -1.09. The van der Waals surface area contributed by atoms with Gasteiger partial charge in [0.15, 0.2) is 0 Å². The summed E-state index contributed by atoms with van der Waals surface area (Å²) < 4.78 is 2.79. The van der Waals surface area contributed by atoms with Crippen LogP contribution in [0.2, 0.25) is 0 Å². The van der Waals surface area contributed by atoms with Crippen molar-refractivity contribution >= 4 is 40.8 Å². The largest absolute Gasteiger partial charge is 0.460 e. The monoisotopic (exact) mass is 235 g/mol. The van der Waals surface area contributed by atoms with E-state index >= 15 is 0 Å². The number of ether oxygens (including phenoxy) is 1. The molecule has 0 spiro atoms. The normalized spacial score (nSPS) is 14.1. The van der Waals surface area contributed by atoms with Gasteiger partial charge in [0, 0.05) is 0 Å². The second-order valence-electron chi connectivity index (χ2n) is 2.01. The molecule has 1 atom stereocenters. The molecule has 0 aromatic heterocycles. The number of nitrogens with two attached hydrogens (primary N) is 1.